The minimum atomic E-state index is -0.268. The SMILES string of the molecule is CCC(C)N(CC(=O)N(Cc1cccn1Cc1ccccc1Cl)C1CCCCC1)C(=O)Nc1ccccc1Br. The van der Waals surface area contributed by atoms with Crippen LogP contribution in [0, 0.1) is 0 Å². The van der Waals surface area contributed by atoms with Crippen LogP contribution >= 0.6 is 27.5 Å². The van der Waals surface area contributed by atoms with Crippen molar-refractivity contribution in [3.05, 3.63) is 87.6 Å². The number of benzene rings is 2. The second-order valence-electron chi connectivity index (χ2n) is 10.3. The first-order valence-electron chi connectivity index (χ1n) is 13.9. The first-order valence-corrected chi connectivity index (χ1v) is 15.0. The fourth-order valence-electron chi connectivity index (χ4n) is 5.18. The number of amides is 3. The maximum Gasteiger partial charge on any atom is 0.322 e. The molecule has 1 atom stereocenters. The number of rotatable bonds is 10. The predicted octanol–water partition coefficient (Wildman–Crippen LogP) is 7.95. The van der Waals surface area contributed by atoms with Gasteiger partial charge in [-0.05, 0) is 78.0 Å². The van der Waals surface area contributed by atoms with Crippen LogP contribution in [0.3, 0.4) is 0 Å². The minimum absolute atomic E-state index is 0.0185. The molecule has 0 radical (unpaired) electrons. The Labute approximate surface area is 245 Å². The van der Waals surface area contributed by atoms with Gasteiger partial charge in [0.05, 0.1) is 12.2 Å². The number of hydrogen-bond acceptors (Lipinski definition) is 2. The van der Waals surface area contributed by atoms with Crippen molar-refractivity contribution in [2.45, 2.75) is 77.5 Å². The molecular formula is C31H38BrClN4O2. The number of anilines is 1. The van der Waals surface area contributed by atoms with Gasteiger partial charge in [0.1, 0.15) is 6.54 Å². The van der Waals surface area contributed by atoms with Gasteiger partial charge in [0, 0.05) is 40.0 Å². The van der Waals surface area contributed by atoms with Crippen molar-refractivity contribution in [1.82, 2.24) is 14.4 Å². The number of aromatic nitrogens is 1. The van der Waals surface area contributed by atoms with Gasteiger partial charge in [-0.15, -0.1) is 0 Å². The van der Waals surface area contributed by atoms with Gasteiger partial charge in [-0.1, -0.05) is 68.1 Å². The molecular weight excluding hydrogens is 576 g/mol. The molecule has 1 heterocycles. The molecule has 3 amide bonds. The molecule has 1 fully saturated rings. The Balaban J connectivity index is 1.55. The Morgan fingerprint density at radius 2 is 1.77 bits per heavy atom. The standard InChI is InChI=1S/C31H38BrClN4O2/c1-3-23(2)36(31(39)34-29-18-10-8-16-27(29)32)22-30(38)37(25-13-5-4-6-14-25)21-26-15-11-19-35(26)20-24-12-7-9-17-28(24)33/h7-12,15-19,23,25H,3-6,13-14,20-22H2,1-2H3,(H,34,39). The summed E-state index contributed by atoms with van der Waals surface area (Å²) in [5.74, 6) is -0.0185. The average molecular weight is 614 g/mol. The summed E-state index contributed by atoms with van der Waals surface area (Å²) in [6, 6.07) is 19.3. The lowest BCUT2D eigenvalue weighted by molar-refractivity contribution is -0.136. The highest BCUT2D eigenvalue weighted by atomic mass is 79.9. The van der Waals surface area contributed by atoms with Crippen LogP contribution in [-0.2, 0) is 17.9 Å². The molecule has 3 aromatic rings. The van der Waals surface area contributed by atoms with Gasteiger partial charge in [0.15, 0.2) is 0 Å². The number of urea groups is 1. The van der Waals surface area contributed by atoms with Crippen molar-refractivity contribution in [2.75, 3.05) is 11.9 Å². The smallest absolute Gasteiger partial charge is 0.322 e. The molecule has 1 aliphatic carbocycles. The summed E-state index contributed by atoms with van der Waals surface area (Å²) in [5, 5.41) is 3.72. The summed E-state index contributed by atoms with van der Waals surface area (Å²) < 4.78 is 2.97. The van der Waals surface area contributed by atoms with Gasteiger partial charge in [-0.2, -0.15) is 0 Å². The lowest BCUT2D eigenvalue weighted by Gasteiger charge is -2.37. The summed E-state index contributed by atoms with van der Waals surface area (Å²) in [5.41, 5.74) is 2.78. The molecule has 0 saturated heterocycles. The lowest BCUT2D eigenvalue weighted by Crippen LogP contribution is -2.50. The Bertz CT molecular complexity index is 1260. The van der Waals surface area contributed by atoms with E-state index in [1.54, 1.807) is 4.90 Å². The molecule has 2 aromatic carbocycles. The van der Waals surface area contributed by atoms with Gasteiger partial charge >= 0.3 is 6.03 Å². The third kappa shape index (κ3) is 7.67. The number of halogens is 2. The third-order valence-corrected chi connectivity index (χ3v) is 8.76. The highest BCUT2D eigenvalue weighted by Crippen LogP contribution is 2.26. The fraction of sp³-hybridized carbons (Fsp3) is 0.419. The zero-order chi connectivity index (χ0) is 27.8. The van der Waals surface area contributed by atoms with Crippen LogP contribution in [0.2, 0.25) is 5.02 Å². The van der Waals surface area contributed by atoms with Crippen LogP contribution < -0.4 is 5.32 Å². The van der Waals surface area contributed by atoms with E-state index in [4.69, 9.17) is 11.6 Å². The normalized spacial score (nSPS) is 14.6. The molecule has 1 N–H and O–H groups in total. The highest BCUT2D eigenvalue weighted by Gasteiger charge is 2.30. The number of carbonyl (C=O) groups is 2. The largest absolute Gasteiger partial charge is 0.345 e. The number of carbonyl (C=O) groups excluding carboxylic acids is 2. The van der Waals surface area contributed by atoms with E-state index in [-0.39, 0.29) is 30.6 Å². The van der Waals surface area contributed by atoms with Crippen LogP contribution in [0.25, 0.3) is 0 Å². The van der Waals surface area contributed by atoms with Crippen molar-refractivity contribution in [1.29, 1.82) is 0 Å². The van der Waals surface area contributed by atoms with Gasteiger partial charge in [-0.3, -0.25) is 4.79 Å². The van der Waals surface area contributed by atoms with Crippen molar-refractivity contribution >= 4 is 45.2 Å². The van der Waals surface area contributed by atoms with Crippen molar-refractivity contribution in [3.63, 3.8) is 0 Å². The number of hydrogen-bond donors (Lipinski definition) is 1. The quantitative estimate of drug-likeness (QED) is 0.252. The summed E-state index contributed by atoms with van der Waals surface area (Å²) >= 11 is 9.95. The van der Waals surface area contributed by atoms with E-state index in [1.165, 1.54) is 6.42 Å². The van der Waals surface area contributed by atoms with E-state index in [2.05, 4.69) is 31.9 Å². The molecule has 4 rings (SSSR count). The second kappa shape index (κ2) is 14.0. The second-order valence-corrected chi connectivity index (χ2v) is 11.6. The summed E-state index contributed by atoms with van der Waals surface area (Å²) in [4.78, 5) is 31.1. The molecule has 1 unspecified atom stereocenters. The van der Waals surface area contributed by atoms with Crippen molar-refractivity contribution in [2.24, 2.45) is 0 Å². The van der Waals surface area contributed by atoms with Crippen molar-refractivity contribution < 1.29 is 9.59 Å². The van der Waals surface area contributed by atoms with Gasteiger partial charge < -0.3 is 19.7 Å². The van der Waals surface area contributed by atoms with E-state index in [0.717, 1.165) is 52.9 Å². The topological polar surface area (TPSA) is 57.6 Å². The first kappa shape index (κ1) is 29.2. The van der Waals surface area contributed by atoms with Crippen LogP contribution in [0.5, 0.6) is 0 Å². The molecule has 39 heavy (non-hydrogen) atoms. The summed E-state index contributed by atoms with van der Waals surface area (Å²) in [6.07, 6.45) is 8.21. The molecule has 1 aliphatic rings. The average Bonchev–Trinajstić information content (AvgIpc) is 3.39. The Morgan fingerprint density at radius 1 is 1.05 bits per heavy atom. The molecule has 0 aliphatic heterocycles. The molecule has 8 heteroatoms. The Morgan fingerprint density at radius 3 is 2.49 bits per heavy atom. The first-order chi connectivity index (χ1) is 18.9. The van der Waals surface area contributed by atoms with Crippen molar-refractivity contribution in [3.8, 4) is 0 Å². The number of para-hydroxylation sites is 1. The maximum absolute atomic E-state index is 14.0. The van der Waals surface area contributed by atoms with E-state index < -0.39 is 0 Å². The van der Waals surface area contributed by atoms with Crippen LogP contribution in [0.15, 0.2) is 71.3 Å². The third-order valence-electron chi connectivity index (χ3n) is 7.70. The lowest BCUT2D eigenvalue weighted by atomic mass is 9.94. The van der Waals surface area contributed by atoms with E-state index in [0.29, 0.717) is 18.8 Å². The number of nitrogens with zero attached hydrogens (tertiary/aromatic N) is 3. The highest BCUT2D eigenvalue weighted by molar-refractivity contribution is 9.10. The maximum atomic E-state index is 14.0. The van der Waals surface area contributed by atoms with Crippen LogP contribution in [0.4, 0.5) is 10.5 Å². The van der Waals surface area contributed by atoms with E-state index in [9.17, 15) is 9.59 Å². The minimum Gasteiger partial charge on any atom is -0.345 e. The monoisotopic (exact) mass is 612 g/mol. The molecule has 0 bridgehead atoms. The Hall–Kier alpha value is -2.77. The molecule has 0 spiro atoms. The van der Waals surface area contributed by atoms with Gasteiger partial charge in [-0.25, -0.2) is 4.79 Å². The van der Waals surface area contributed by atoms with Crippen LogP contribution in [-0.4, -0.2) is 44.9 Å². The van der Waals surface area contributed by atoms with Gasteiger partial charge in [0.25, 0.3) is 0 Å². The molecule has 208 valence electrons. The van der Waals surface area contributed by atoms with Gasteiger partial charge in [0.2, 0.25) is 5.91 Å². The predicted molar refractivity (Wildman–Crippen MR) is 162 cm³/mol. The van der Waals surface area contributed by atoms with Crippen LogP contribution in [0.1, 0.15) is 63.6 Å². The Kier molecular flexibility index (Phi) is 10.5. The summed E-state index contributed by atoms with van der Waals surface area (Å²) in [7, 11) is 0. The summed E-state index contributed by atoms with van der Waals surface area (Å²) in [6.45, 7) is 5.21. The number of nitrogens with one attached hydrogen (secondary N) is 1. The molecule has 1 saturated carbocycles. The van der Waals surface area contributed by atoms with E-state index >= 15 is 0 Å². The molecule has 1 aromatic heterocycles. The zero-order valence-corrected chi connectivity index (χ0v) is 25.1. The van der Waals surface area contributed by atoms with E-state index in [1.807, 2.05) is 79.5 Å². The zero-order valence-electron chi connectivity index (χ0n) is 22.8. The fourth-order valence-corrected chi connectivity index (χ4v) is 5.76. The molecule has 6 nitrogen and oxygen atoms in total.